The van der Waals surface area contributed by atoms with Crippen LogP contribution < -0.4 is 5.32 Å². The van der Waals surface area contributed by atoms with Crippen LogP contribution in [0.15, 0.2) is 23.1 Å². The average Bonchev–Trinajstić information content (AvgIpc) is 3.21. The van der Waals surface area contributed by atoms with Gasteiger partial charge in [-0.05, 0) is 56.7 Å². The number of hydrogen-bond donors (Lipinski definition) is 1. The molecule has 3 rings (SSSR count). The first-order chi connectivity index (χ1) is 10.2. The predicted molar refractivity (Wildman–Crippen MR) is 88.3 cm³/mol. The highest BCUT2D eigenvalue weighted by Crippen LogP contribution is 2.31. The molecular formula is C16H21ClN2OS. The number of thioether (sulfide) groups is 1. The minimum absolute atomic E-state index is 0.0899. The first kappa shape index (κ1) is 15.2. The SMILES string of the molecule is CSc1ccc(Cl)c(C(=O)N(CC2CCCN2)C2CC2)c1. The number of carbonyl (C=O) groups is 1. The van der Waals surface area contributed by atoms with E-state index in [0.29, 0.717) is 22.7 Å². The van der Waals surface area contributed by atoms with Crippen molar-refractivity contribution in [1.29, 1.82) is 0 Å². The standard InChI is InChI=1S/C16H21ClN2OS/c1-21-13-6-7-15(17)14(9-13)16(20)19(12-4-5-12)10-11-3-2-8-18-11/h6-7,9,11-12,18H,2-5,8,10H2,1H3. The molecule has 1 unspecified atom stereocenters. The van der Waals surface area contributed by atoms with Crippen LogP contribution in [-0.2, 0) is 0 Å². The second-order valence-electron chi connectivity index (χ2n) is 5.83. The van der Waals surface area contributed by atoms with Gasteiger partial charge in [0.2, 0.25) is 0 Å². The molecule has 1 heterocycles. The first-order valence-electron chi connectivity index (χ1n) is 7.57. The quantitative estimate of drug-likeness (QED) is 0.842. The van der Waals surface area contributed by atoms with Gasteiger partial charge >= 0.3 is 0 Å². The molecule has 1 aromatic carbocycles. The molecule has 1 aliphatic carbocycles. The minimum atomic E-state index is 0.0899. The van der Waals surface area contributed by atoms with Crippen LogP contribution in [0.25, 0.3) is 0 Å². The molecule has 0 aromatic heterocycles. The molecule has 0 radical (unpaired) electrons. The molecule has 1 atom stereocenters. The third-order valence-electron chi connectivity index (χ3n) is 4.23. The number of amides is 1. The number of halogens is 1. The van der Waals surface area contributed by atoms with Crippen LogP contribution in [0.2, 0.25) is 5.02 Å². The second kappa shape index (κ2) is 6.59. The fraction of sp³-hybridized carbons (Fsp3) is 0.562. The van der Waals surface area contributed by atoms with Crippen molar-refractivity contribution in [2.24, 2.45) is 0 Å². The Morgan fingerprint density at radius 2 is 2.24 bits per heavy atom. The molecule has 2 fully saturated rings. The van der Waals surface area contributed by atoms with Crippen molar-refractivity contribution in [2.45, 2.75) is 42.7 Å². The summed E-state index contributed by atoms with van der Waals surface area (Å²) in [5.41, 5.74) is 0.647. The molecule has 3 nitrogen and oxygen atoms in total. The van der Waals surface area contributed by atoms with Gasteiger partial charge in [-0.1, -0.05) is 11.6 Å². The molecule has 1 saturated carbocycles. The fourth-order valence-electron chi connectivity index (χ4n) is 2.88. The van der Waals surface area contributed by atoms with Crippen molar-refractivity contribution < 1.29 is 4.79 Å². The Balaban J connectivity index is 1.80. The van der Waals surface area contributed by atoms with Gasteiger partial charge in [0, 0.05) is 23.5 Å². The minimum Gasteiger partial charge on any atom is -0.334 e. The van der Waals surface area contributed by atoms with E-state index >= 15 is 0 Å². The van der Waals surface area contributed by atoms with E-state index in [1.807, 2.05) is 29.4 Å². The summed E-state index contributed by atoms with van der Waals surface area (Å²) in [6.07, 6.45) is 6.63. The van der Waals surface area contributed by atoms with Gasteiger partial charge in [0.05, 0.1) is 10.6 Å². The van der Waals surface area contributed by atoms with Gasteiger partial charge in [-0.2, -0.15) is 0 Å². The highest BCUT2D eigenvalue weighted by molar-refractivity contribution is 7.98. The number of hydrogen-bond acceptors (Lipinski definition) is 3. The Bertz CT molecular complexity index is 527. The largest absolute Gasteiger partial charge is 0.334 e. The molecule has 21 heavy (non-hydrogen) atoms. The summed E-state index contributed by atoms with van der Waals surface area (Å²) in [5.74, 6) is 0.0899. The number of nitrogens with one attached hydrogen (secondary N) is 1. The zero-order valence-corrected chi connectivity index (χ0v) is 13.8. The Labute approximate surface area is 135 Å². The number of benzene rings is 1. The van der Waals surface area contributed by atoms with Crippen molar-refractivity contribution in [3.63, 3.8) is 0 Å². The lowest BCUT2D eigenvalue weighted by Gasteiger charge is -2.26. The molecule has 1 aromatic rings. The molecule has 114 valence electrons. The molecule has 1 amide bonds. The molecular weight excluding hydrogens is 304 g/mol. The van der Waals surface area contributed by atoms with Gasteiger partial charge in [0.25, 0.3) is 5.91 Å². The van der Waals surface area contributed by atoms with E-state index in [1.165, 1.54) is 6.42 Å². The molecule has 0 bridgehead atoms. The summed E-state index contributed by atoms with van der Waals surface area (Å²) in [6, 6.07) is 6.57. The topological polar surface area (TPSA) is 32.3 Å². The van der Waals surface area contributed by atoms with Gasteiger partial charge < -0.3 is 10.2 Å². The van der Waals surface area contributed by atoms with Crippen LogP contribution in [0.5, 0.6) is 0 Å². The number of rotatable bonds is 5. The Morgan fingerprint density at radius 3 is 2.86 bits per heavy atom. The summed E-state index contributed by atoms with van der Waals surface area (Å²) in [6.45, 7) is 1.88. The fourth-order valence-corrected chi connectivity index (χ4v) is 3.52. The maximum absolute atomic E-state index is 12.9. The summed E-state index contributed by atoms with van der Waals surface area (Å²) in [7, 11) is 0. The van der Waals surface area contributed by atoms with Gasteiger partial charge in [-0.15, -0.1) is 11.8 Å². The van der Waals surface area contributed by atoms with Crippen molar-refractivity contribution in [2.75, 3.05) is 19.3 Å². The van der Waals surface area contributed by atoms with Gasteiger partial charge in [0.1, 0.15) is 0 Å². The normalized spacial score (nSPS) is 21.5. The van der Waals surface area contributed by atoms with Crippen LogP contribution in [-0.4, -0.2) is 42.2 Å². The van der Waals surface area contributed by atoms with E-state index in [1.54, 1.807) is 11.8 Å². The summed E-state index contributed by atoms with van der Waals surface area (Å²) in [4.78, 5) is 16.0. The van der Waals surface area contributed by atoms with E-state index in [0.717, 1.165) is 37.2 Å². The van der Waals surface area contributed by atoms with Crippen LogP contribution >= 0.6 is 23.4 Å². The van der Waals surface area contributed by atoms with Crippen LogP contribution in [0.3, 0.4) is 0 Å². The maximum Gasteiger partial charge on any atom is 0.255 e. The molecule has 1 N–H and O–H groups in total. The molecule has 2 aliphatic rings. The Morgan fingerprint density at radius 1 is 1.43 bits per heavy atom. The van der Waals surface area contributed by atoms with E-state index < -0.39 is 0 Å². The number of nitrogens with zero attached hydrogens (tertiary/aromatic N) is 1. The van der Waals surface area contributed by atoms with Crippen molar-refractivity contribution in [3.05, 3.63) is 28.8 Å². The lowest BCUT2D eigenvalue weighted by Crippen LogP contribution is -2.42. The summed E-state index contributed by atoms with van der Waals surface area (Å²) < 4.78 is 0. The van der Waals surface area contributed by atoms with Crippen molar-refractivity contribution in [3.8, 4) is 0 Å². The molecule has 5 heteroatoms. The van der Waals surface area contributed by atoms with Crippen molar-refractivity contribution in [1.82, 2.24) is 10.2 Å². The highest BCUT2D eigenvalue weighted by Gasteiger charge is 2.35. The first-order valence-corrected chi connectivity index (χ1v) is 9.17. The zero-order chi connectivity index (χ0) is 14.8. The van der Waals surface area contributed by atoms with Gasteiger partial charge in [0.15, 0.2) is 0 Å². The summed E-state index contributed by atoms with van der Waals surface area (Å²) in [5, 5.41) is 4.04. The Hall–Kier alpha value is -0.710. The maximum atomic E-state index is 12.9. The summed E-state index contributed by atoms with van der Waals surface area (Å²) >= 11 is 7.90. The van der Waals surface area contributed by atoms with Crippen LogP contribution in [0.1, 0.15) is 36.0 Å². The predicted octanol–water partition coefficient (Wildman–Crippen LogP) is 3.42. The van der Waals surface area contributed by atoms with Crippen LogP contribution in [0.4, 0.5) is 0 Å². The molecule has 1 aliphatic heterocycles. The lowest BCUT2D eigenvalue weighted by atomic mass is 10.1. The van der Waals surface area contributed by atoms with E-state index in [-0.39, 0.29) is 5.91 Å². The highest BCUT2D eigenvalue weighted by atomic mass is 35.5. The smallest absolute Gasteiger partial charge is 0.255 e. The molecule has 1 saturated heterocycles. The Kier molecular flexibility index (Phi) is 4.77. The van der Waals surface area contributed by atoms with E-state index in [2.05, 4.69) is 5.32 Å². The average molecular weight is 325 g/mol. The second-order valence-corrected chi connectivity index (χ2v) is 7.11. The van der Waals surface area contributed by atoms with Gasteiger partial charge in [-0.3, -0.25) is 4.79 Å². The van der Waals surface area contributed by atoms with E-state index in [9.17, 15) is 4.79 Å². The van der Waals surface area contributed by atoms with Gasteiger partial charge in [-0.25, -0.2) is 0 Å². The van der Waals surface area contributed by atoms with E-state index in [4.69, 9.17) is 11.6 Å². The van der Waals surface area contributed by atoms with Crippen LogP contribution in [0, 0.1) is 0 Å². The number of carbonyl (C=O) groups excluding carboxylic acids is 1. The third kappa shape index (κ3) is 3.55. The van der Waals surface area contributed by atoms with Crippen molar-refractivity contribution >= 4 is 29.3 Å². The monoisotopic (exact) mass is 324 g/mol. The zero-order valence-electron chi connectivity index (χ0n) is 12.3. The molecule has 0 spiro atoms. The third-order valence-corrected chi connectivity index (χ3v) is 5.29. The lowest BCUT2D eigenvalue weighted by molar-refractivity contribution is 0.0728.